The van der Waals surface area contributed by atoms with Gasteiger partial charge in [-0.2, -0.15) is 13.5 Å². The van der Waals surface area contributed by atoms with Crippen molar-refractivity contribution in [2.24, 2.45) is 11.8 Å². The van der Waals surface area contributed by atoms with Gasteiger partial charge in [0.1, 0.15) is 0 Å². The third kappa shape index (κ3) is 2.50. The summed E-state index contributed by atoms with van der Waals surface area (Å²) in [6.07, 6.45) is 8.15. The van der Waals surface area contributed by atoms with Crippen LogP contribution in [0.1, 0.15) is 30.7 Å². The van der Waals surface area contributed by atoms with Gasteiger partial charge in [0.05, 0.1) is 0 Å². The summed E-state index contributed by atoms with van der Waals surface area (Å²) in [4.78, 5) is 6.78. The zero-order valence-electron chi connectivity index (χ0n) is 10.5. The summed E-state index contributed by atoms with van der Waals surface area (Å²) in [6.45, 7) is 2.59. The maximum Gasteiger partial charge on any atom is 0.0302 e. The molecule has 0 amide bonds. The highest BCUT2D eigenvalue weighted by atomic mass is 32.1. The highest BCUT2D eigenvalue weighted by Gasteiger charge is 2.39. The summed E-state index contributed by atoms with van der Waals surface area (Å²) >= 11 is 0. The molecule has 1 saturated heterocycles. The van der Waals surface area contributed by atoms with E-state index in [-0.39, 0.29) is 13.5 Å². The molecule has 3 atom stereocenters. The van der Waals surface area contributed by atoms with E-state index in [1.165, 1.54) is 37.9 Å². The Bertz CT molecular complexity index is 354. The molecule has 1 aliphatic carbocycles. The van der Waals surface area contributed by atoms with Crippen LogP contribution >= 0.6 is 13.5 Å². The van der Waals surface area contributed by atoms with Crippen molar-refractivity contribution in [2.75, 3.05) is 20.1 Å². The molecule has 1 saturated carbocycles. The Labute approximate surface area is 111 Å². The van der Waals surface area contributed by atoms with Crippen LogP contribution in [-0.4, -0.2) is 30.0 Å². The van der Waals surface area contributed by atoms with Gasteiger partial charge >= 0.3 is 0 Å². The first kappa shape index (κ1) is 12.9. The second-order valence-corrected chi connectivity index (χ2v) is 5.47. The van der Waals surface area contributed by atoms with Gasteiger partial charge < -0.3 is 4.90 Å². The van der Waals surface area contributed by atoms with E-state index in [9.17, 15) is 0 Å². The zero-order valence-corrected chi connectivity index (χ0v) is 11.5. The smallest absolute Gasteiger partial charge is 0.0302 e. The molecule has 3 heteroatoms. The highest BCUT2D eigenvalue weighted by molar-refractivity contribution is 7.59. The summed E-state index contributed by atoms with van der Waals surface area (Å²) in [7, 11) is 2.26. The van der Waals surface area contributed by atoms with E-state index in [2.05, 4.69) is 35.3 Å². The van der Waals surface area contributed by atoms with Crippen molar-refractivity contribution in [3.8, 4) is 0 Å². The van der Waals surface area contributed by atoms with Gasteiger partial charge in [0.2, 0.25) is 0 Å². The van der Waals surface area contributed by atoms with E-state index in [0.29, 0.717) is 0 Å². The Morgan fingerprint density at radius 1 is 1.29 bits per heavy atom. The quantitative estimate of drug-likeness (QED) is 0.762. The first-order valence-corrected chi connectivity index (χ1v) is 6.43. The Balaban J connectivity index is 0.00000108. The lowest BCUT2D eigenvalue weighted by molar-refractivity contribution is 0.257. The Kier molecular flexibility index (Phi) is 4.10. The third-order valence-electron chi connectivity index (χ3n) is 4.39. The summed E-state index contributed by atoms with van der Waals surface area (Å²) in [5, 5.41) is 0. The molecule has 1 unspecified atom stereocenters. The minimum absolute atomic E-state index is 0. The molecule has 1 aliphatic heterocycles. The molecule has 2 nitrogen and oxygen atoms in total. The first-order valence-electron chi connectivity index (χ1n) is 6.43. The van der Waals surface area contributed by atoms with Crippen LogP contribution in [0.15, 0.2) is 24.5 Å². The van der Waals surface area contributed by atoms with E-state index in [0.717, 1.165) is 17.8 Å². The van der Waals surface area contributed by atoms with Crippen LogP contribution in [0.2, 0.25) is 0 Å². The van der Waals surface area contributed by atoms with Crippen molar-refractivity contribution < 1.29 is 0 Å². The number of aromatic nitrogens is 1. The molecule has 17 heavy (non-hydrogen) atoms. The maximum absolute atomic E-state index is 4.28. The largest absolute Gasteiger partial charge is 0.306 e. The molecule has 1 aromatic rings. The minimum atomic E-state index is 0. The van der Waals surface area contributed by atoms with E-state index in [4.69, 9.17) is 0 Å². The first-order chi connectivity index (χ1) is 7.84. The molecule has 3 rings (SSSR count). The second-order valence-electron chi connectivity index (χ2n) is 5.47. The summed E-state index contributed by atoms with van der Waals surface area (Å²) in [5.74, 6) is 2.57. The van der Waals surface area contributed by atoms with Crippen LogP contribution in [0.3, 0.4) is 0 Å². The van der Waals surface area contributed by atoms with Crippen molar-refractivity contribution in [3.63, 3.8) is 0 Å². The minimum Gasteiger partial charge on any atom is -0.306 e. The van der Waals surface area contributed by atoms with Crippen LogP contribution in [0.4, 0.5) is 0 Å². The predicted molar refractivity (Wildman–Crippen MR) is 75.7 cm³/mol. The number of nitrogens with zero attached hydrogens (tertiary/aromatic N) is 2. The van der Waals surface area contributed by atoms with Crippen LogP contribution in [-0.2, 0) is 0 Å². The van der Waals surface area contributed by atoms with Gasteiger partial charge in [-0.1, -0.05) is 12.5 Å². The van der Waals surface area contributed by atoms with Gasteiger partial charge in [0.15, 0.2) is 0 Å². The Hall–Kier alpha value is -0.540. The van der Waals surface area contributed by atoms with E-state index < -0.39 is 0 Å². The van der Waals surface area contributed by atoms with Crippen LogP contribution < -0.4 is 0 Å². The molecule has 2 heterocycles. The normalized spacial score (nSPS) is 32.9. The molecule has 0 bridgehead atoms. The number of likely N-dealkylation sites (tertiary alicyclic amines) is 1. The van der Waals surface area contributed by atoms with Gasteiger partial charge in [0, 0.05) is 25.5 Å². The standard InChI is InChI=1S/C14H20N2.H2S/c1-16-9-12-4-2-6-13(14(12)10-16)11-5-3-7-15-8-11;/h3,5,7-8,12-14H,2,4,6,9-10H2,1H3;1H2/t12-,13-,14?;/m0./s1. The van der Waals surface area contributed by atoms with Crippen LogP contribution in [0.5, 0.6) is 0 Å². The van der Waals surface area contributed by atoms with Crippen LogP contribution in [0, 0.1) is 11.8 Å². The number of fused-ring (bicyclic) bond motifs is 1. The molecule has 94 valence electrons. The van der Waals surface area contributed by atoms with Crippen molar-refractivity contribution >= 4 is 13.5 Å². The Morgan fingerprint density at radius 3 is 2.94 bits per heavy atom. The fraction of sp³-hybridized carbons (Fsp3) is 0.643. The Morgan fingerprint density at radius 2 is 2.18 bits per heavy atom. The lowest BCUT2D eigenvalue weighted by Crippen LogP contribution is -2.25. The van der Waals surface area contributed by atoms with Crippen molar-refractivity contribution in [1.82, 2.24) is 9.88 Å². The average molecular weight is 250 g/mol. The van der Waals surface area contributed by atoms with Crippen molar-refractivity contribution in [3.05, 3.63) is 30.1 Å². The molecule has 2 aliphatic rings. The van der Waals surface area contributed by atoms with Gasteiger partial charge in [-0.25, -0.2) is 0 Å². The van der Waals surface area contributed by atoms with Gasteiger partial charge in [-0.05, 0) is 49.3 Å². The number of pyridine rings is 1. The zero-order chi connectivity index (χ0) is 11.0. The molecular weight excluding hydrogens is 228 g/mol. The molecule has 0 N–H and O–H groups in total. The SMILES string of the molecule is CN1CC2[C@@H](CCC[C@H]2c2cccnc2)C1.S. The lowest BCUT2D eigenvalue weighted by Gasteiger charge is -2.33. The number of hydrogen-bond acceptors (Lipinski definition) is 2. The molecule has 2 fully saturated rings. The summed E-state index contributed by atoms with van der Waals surface area (Å²) in [5.41, 5.74) is 1.47. The molecular formula is C14H22N2S. The lowest BCUT2D eigenvalue weighted by atomic mass is 9.71. The van der Waals surface area contributed by atoms with E-state index in [1.807, 2.05) is 6.20 Å². The molecule has 1 aromatic heterocycles. The second kappa shape index (κ2) is 5.40. The average Bonchev–Trinajstić information content (AvgIpc) is 2.70. The predicted octanol–water partition coefficient (Wildman–Crippen LogP) is 2.64. The fourth-order valence-corrected chi connectivity index (χ4v) is 3.70. The monoisotopic (exact) mass is 250 g/mol. The van der Waals surface area contributed by atoms with E-state index >= 15 is 0 Å². The highest BCUT2D eigenvalue weighted by Crippen LogP contribution is 2.44. The molecule has 0 spiro atoms. The van der Waals surface area contributed by atoms with Crippen LogP contribution in [0.25, 0.3) is 0 Å². The topological polar surface area (TPSA) is 16.1 Å². The van der Waals surface area contributed by atoms with Crippen molar-refractivity contribution in [1.29, 1.82) is 0 Å². The number of hydrogen-bond donors (Lipinski definition) is 0. The van der Waals surface area contributed by atoms with E-state index in [1.54, 1.807) is 0 Å². The molecule has 0 aromatic carbocycles. The van der Waals surface area contributed by atoms with Gasteiger partial charge in [-0.15, -0.1) is 0 Å². The molecule has 0 radical (unpaired) electrons. The fourth-order valence-electron chi connectivity index (χ4n) is 3.70. The van der Waals surface area contributed by atoms with Gasteiger partial charge in [-0.3, -0.25) is 4.98 Å². The maximum atomic E-state index is 4.28. The van der Waals surface area contributed by atoms with Crippen molar-refractivity contribution in [2.45, 2.75) is 25.2 Å². The third-order valence-corrected chi connectivity index (χ3v) is 4.39. The summed E-state index contributed by atoms with van der Waals surface area (Å²) in [6, 6.07) is 4.34. The number of rotatable bonds is 1. The van der Waals surface area contributed by atoms with Gasteiger partial charge in [0.25, 0.3) is 0 Å². The summed E-state index contributed by atoms with van der Waals surface area (Å²) < 4.78 is 0.